The number of benzene rings is 2. The van der Waals surface area contributed by atoms with Crippen LogP contribution in [-0.2, 0) is 4.79 Å². The molecule has 6 nitrogen and oxygen atoms in total. The first-order valence-electron chi connectivity index (χ1n) is 15.8. The first kappa shape index (κ1) is 28.0. The fraction of sp³-hybridized carbons (Fsp3) is 0.543. The van der Waals surface area contributed by atoms with E-state index >= 15 is 0 Å². The van der Waals surface area contributed by atoms with Crippen molar-refractivity contribution >= 4 is 11.6 Å². The molecule has 0 spiro atoms. The number of anilines is 1. The molecule has 218 valence electrons. The van der Waals surface area contributed by atoms with Crippen molar-refractivity contribution in [2.24, 2.45) is 11.8 Å². The minimum atomic E-state index is -0.264. The van der Waals surface area contributed by atoms with Crippen molar-refractivity contribution < 1.29 is 14.6 Å². The average molecular weight is 556 g/mol. The number of hydrogen-bond acceptors (Lipinski definition) is 4. The second-order valence-corrected chi connectivity index (χ2v) is 12.7. The molecule has 0 saturated heterocycles. The van der Waals surface area contributed by atoms with E-state index in [1.165, 1.54) is 30.4 Å². The lowest BCUT2D eigenvalue weighted by molar-refractivity contribution is -0.124. The molecule has 6 rings (SSSR count). The minimum absolute atomic E-state index is 0.0120. The maximum absolute atomic E-state index is 14.1. The third-order valence-corrected chi connectivity index (χ3v) is 10.0. The largest absolute Gasteiger partial charge is 0.496 e. The van der Waals surface area contributed by atoms with Crippen LogP contribution in [0.4, 0.5) is 5.69 Å². The number of hydrogen-bond donors (Lipinski definition) is 1. The van der Waals surface area contributed by atoms with Gasteiger partial charge in [-0.25, -0.2) is 0 Å². The SMILES string of the molecule is COc1ccc(C2CCC(CN(C(=O)C3CCC(O)CC3)c3cccc(-c4cnn(C5CCC5)c4)c3)CC2)cc1C. The van der Waals surface area contributed by atoms with Crippen LogP contribution in [0.25, 0.3) is 11.1 Å². The molecule has 0 aliphatic heterocycles. The lowest BCUT2D eigenvalue weighted by atomic mass is 9.78. The predicted octanol–water partition coefficient (Wildman–Crippen LogP) is 7.45. The molecule has 0 atom stereocenters. The molecule has 1 heterocycles. The number of aliphatic hydroxyl groups is 1. The zero-order valence-corrected chi connectivity index (χ0v) is 24.7. The molecule has 1 aromatic heterocycles. The van der Waals surface area contributed by atoms with Crippen molar-refractivity contribution in [3.63, 3.8) is 0 Å². The molecular weight excluding hydrogens is 510 g/mol. The van der Waals surface area contributed by atoms with Gasteiger partial charge in [0.2, 0.25) is 5.91 Å². The monoisotopic (exact) mass is 555 g/mol. The van der Waals surface area contributed by atoms with Gasteiger partial charge in [-0.2, -0.15) is 5.10 Å². The van der Waals surface area contributed by atoms with E-state index in [1.54, 1.807) is 7.11 Å². The van der Waals surface area contributed by atoms with Gasteiger partial charge in [0.15, 0.2) is 0 Å². The van der Waals surface area contributed by atoms with E-state index < -0.39 is 0 Å². The molecule has 41 heavy (non-hydrogen) atoms. The van der Waals surface area contributed by atoms with Crippen molar-refractivity contribution in [3.05, 3.63) is 66.0 Å². The minimum Gasteiger partial charge on any atom is -0.496 e. The number of carbonyl (C=O) groups excluding carboxylic acids is 1. The quantitative estimate of drug-likeness (QED) is 0.313. The van der Waals surface area contributed by atoms with E-state index in [0.717, 1.165) is 80.5 Å². The molecule has 2 aromatic carbocycles. The van der Waals surface area contributed by atoms with Gasteiger partial charge in [-0.15, -0.1) is 0 Å². The van der Waals surface area contributed by atoms with Gasteiger partial charge in [-0.3, -0.25) is 9.48 Å². The summed E-state index contributed by atoms with van der Waals surface area (Å²) in [6, 6.07) is 15.6. The number of aromatic nitrogens is 2. The molecule has 3 saturated carbocycles. The van der Waals surface area contributed by atoms with E-state index in [-0.39, 0.29) is 17.9 Å². The Morgan fingerprint density at radius 1 is 0.976 bits per heavy atom. The molecule has 0 unspecified atom stereocenters. The summed E-state index contributed by atoms with van der Waals surface area (Å²) >= 11 is 0. The fourth-order valence-electron chi connectivity index (χ4n) is 7.15. The van der Waals surface area contributed by atoms with Gasteiger partial charge in [0.1, 0.15) is 5.75 Å². The molecule has 0 radical (unpaired) electrons. The van der Waals surface area contributed by atoms with Gasteiger partial charge in [-0.1, -0.05) is 24.3 Å². The zero-order valence-electron chi connectivity index (χ0n) is 24.7. The lowest BCUT2D eigenvalue weighted by Crippen LogP contribution is -2.41. The normalized spacial score (nSPS) is 25.0. The second-order valence-electron chi connectivity index (χ2n) is 12.7. The third-order valence-electron chi connectivity index (χ3n) is 10.0. The Morgan fingerprint density at radius 2 is 1.76 bits per heavy atom. The topological polar surface area (TPSA) is 67.6 Å². The maximum Gasteiger partial charge on any atom is 0.230 e. The van der Waals surface area contributed by atoms with Crippen molar-refractivity contribution in [2.45, 2.75) is 95.6 Å². The van der Waals surface area contributed by atoms with E-state index in [2.05, 4.69) is 70.3 Å². The molecule has 6 heteroatoms. The molecule has 1 amide bonds. The maximum atomic E-state index is 14.1. The average Bonchev–Trinajstić information content (AvgIpc) is 3.45. The van der Waals surface area contributed by atoms with Crippen LogP contribution in [0.1, 0.15) is 93.7 Å². The first-order valence-corrected chi connectivity index (χ1v) is 15.8. The van der Waals surface area contributed by atoms with Crippen molar-refractivity contribution in [1.29, 1.82) is 0 Å². The Balaban J connectivity index is 1.19. The summed E-state index contributed by atoms with van der Waals surface area (Å²) in [6.45, 7) is 2.88. The van der Waals surface area contributed by atoms with E-state index in [9.17, 15) is 9.90 Å². The standard InChI is InChI=1S/C35H45N3O3/c1-24-19-29(15-18-34(24)41-2)26-11-9-25(10-12-26)22-37(35(40)27-13-16-33(39)17-14-27)32-8-3-5-28(20-32)30-21-36-38(23-30)31-6-4-7-31/h3,5,8,15,18-21,23,25-27,31,33,39H,4,6-7,9-14,16-17,22H2,1-2H3. The number of carbonyl (C=O) groups is 1. The predicted molar refractivity (Wildman–Crippen MR) is 163 cm³/mol. The number of aryl methyl sites for hydroxylation is 1. The number of aliphatic hydroxyl groups excluding tert-OH is 1. The smallest absolute Gasteiger partial charge is 0.230 e. The van der Waals surface area contributed by atoms with E-state index in [1.807, 2.05) is 6.20 Å². The molecule has 3 aliphatic carbocycles. The van der Waals surface area contributed by atoms with Gasteiger partial charge >= 0.3 is 0 Å². The highest BCUT2D eigenvalue weighted by molar-refractivity contribution is 5.95. The Hall–Kier alpha value is -3.12. The van der Waals surface area contributed by atoms with Crippen molar-refractivity contribution in [1.82, 2.24) is 9.78 Å². The lowest BCUT2D eigenvalue weighted by Gasteiger charge is -2.36. The summed E-state index contributed by atoms with van der Waals surface area (Å²) < 4.78 is 7.58. The number of amides is 1. The van der Waals surface area contributed by atoms with Gasteiger partial charge < -0.3 is 14.7 Å². The number of methoxy groups -OCH3 is 1. The summed E-state index contributed by atoms with van der Waals surface area (Å²) in [6.07, 6.45) is 15.1. The van der Waals surface area contributed by atoms with Crippen LogP contribution in [0.3, 0.4) is 0 Å². The molecular formula is C35H45N3O3. The highest BCUT2D eigenvalue weighted by Gasteiger charge is 2.32. The highest BCUT2D eigenvalue weighted by atomic mass is 16.5. The van der Waals surface area contributed by atoms with Gasteiger partial charge in [0, 0.05) is 29.9 Å². The van der Waals surface area contributed by atoms with Crippen LogP contribution in [-0.4, -0.2) is 40.6 Å². The van der Waals surface area contributed by atoms with Crippen molar-refractivity contribution in [2.75, 3.05) is 18.6 Å². The Bertz CT molecular complexity index is 1330. The van der Waals surface area contributed by atoms with Gasteiger partial charge in [-0.05, 0) is 124 Å². The number of rotatable bonds is 8. The highest BCUT2D eigenvalue weighted by Crippen LogP contribution is 2.39. The van der Waals surface area contributed by atoms with Crippen LogP contribution < -0.4 is 9.64 Å². The first-order chi connectivity index (χ1) is 20.0. The third kappa shape index (κ3) is 6.23. The number of ether oxygens (including phenoxy) is 1. The van der Waals surface area contributed by atoms with Crippen molar-refractivity contribution in [3.8, 4) is 16.9 Å². The Morgan fingerprint density at radius 3 is 2.44 bits per heavy atom. The van der Waals surface area contributed by atoms with Crippen LogP contribution in [0.15, 0.2) is 54.9 Å². The van der Waals surface area contributed by atoms with Gasteiger partial charge in [0.25, 0.3) is 0 Å². The number of nitrogens with zero attached hydrogens (tertiary/aromatic N) is 3. The summed E-state index contributed by atoms with van der Waals surface area (Å²) in [5, 5.41) is 14.7. The Labute approximate surface area is 244 Å². The molecule has 1 N–H and O–H groups in total. The second kappa shape index (κ2) is 12.4. The van der Waals surface area contributed by atoms with E-state index in [0.29, 0.717) is 17.9 Å². The van der Waals surface area contributed by atoms with Gasteiger partial charge in [0.05, 0.1) is 25.5 Å². The van der Waals surface area contributed by atoms with Crippen LogP contribution in [0.2, 0.25) is 0 Å². The molecule has 3 aliphatic rings. The fourth-order valence-corrected chi connectivity index (χ4v) is 7.15. The summed E-state index contributed by atoms with van der Waals surface area (Å²) in [4.78, 5) is 16.2. The van der Waals surface area contributed by atoms with Crippen LogP contribution >= 0.6 is 0 Å². The van der Waals surface area contributed by atoms with Crippen LogP contribution in [0.5, 0.6) is 5.75 Å². The van der Waals surface area contributed by atoms with Crippen LogP contribution in [0, 0.1) is 18.8 Å². The molecule has 3 fully saturated rings. The molecule has 3 aromatic rings. The molecule has 0 bridgehead atoms. The summed E-state index contributed by atoms with van der Waals surface area (Å²) in [5.74, 6) is 2.21. The summed E-state index contributed by atoms with van der Waals surface area (Å²) in [7, 11) is 1.73. The Kier molecular flexibility index (Phi) is 8.47. The zero-order chi connectivity index (χ0) is 28.3. The van der Waals surface area contributed by atoms with E-state index in [4.69, 9.17) is 4.74 Å². The summed E-state index contributed by atoms with van der Waals surface area (Å²) in [5.41, 5.74) is 5.82.